The summed E-state index contributed by atoms with van der Waals surface area (Å²) in [6.07, 6.45) is 4.74. The molecule has 4 saturated carbocycles. The summed E-state index contributed by atoms with van der Waals surface area (Å²) < 4.78 is 0. The number of oxime groups is 2. The van der Waals surface area contributed by atoms with E-state index < -0.39 is 0 Å². The molecule has 6 atom stereocenters. The van der Waals surface area contributed by atoms with Crippen LogP contribution in [0.15, 0.2) is 10.3 Å². The third kappa shape index (κ3) is 1.80. The Hall–Kier alpha value is -0.541. The van der Waals surface area contributed by atoms with Crippen molar-refractivity contribution in [3.63, 3.8) is 0 Å². The van der Waals surface area contributed by atoms with Gasteiger partial charge in [-0.3, -0.25) is 0 Å². The van der Waals surface area contributed by atoms with E-state index in [9.17, 15) is 10.4 Å². The van der Waals surface area contributed by atoms with Crippen LogP contribution in [0.2, 0.25) is 9.63 Å². The maximum absolute atomic E-state index is 9.86. The summed E-state index contributed by atoms with van der Waals surface area (Å²) in [6, 6.07) is 0. The van der Waals surface area contributed by atoms with Crippen LogP contribution in [0.3, 0.4) is 0 Å². The fourth-order valence-electron chi connectivity index (χ4n) is 6.87. The molecule has 0 heterocycles. The van der Waals surface area contributed by atoms with Crippen molar-refractivity contribution in [2.45, 2.75) is 76.9 Å². The van der Waals surface area contributed by atoms with Crippen molar-refractivity contribution in [2.75, 3.05) is 0 Å². The monoisotopic (exact) mass is 412 g/mol. The molecule has 2 N–H and O–H groups in total. The van der Waals surface area contributed by atoms with E-state index in [1.807, 2.05) is 0 Å². The Morgan fingerprint density at radius 3 is 1.44 bits per heavy atom. The van der Waals surface area contributed by atoms with Gasteiger partial charge in [0, 0.05) is 0 Å². The fourth-order valence-corrected chi connectivity index (χ4v) is 12.2. The quantitative estimate of drug-likeness (QED) is 0.388. The molecule has 0 aromatic rings. The minimum atomic E-state index is 0.0202. The molecule has 0 amide bonds. The topological polar surface area (TPSA) is 65.2 Å². The molecule has 4 rings (SSSR count). The zero-order valence-electron chi connectivity index (χ0n) is 16.3. The Bertz CT molecular complexity index is 615. The molecular formula is C20H32N2O2Se. The van der Waals surface area contributed by atoms with E-state index in [4.69, 9.17) is 0 Å². The average molecular weight is 411 g/mol. The van der Waals surface area contributed by atoms with Crippen molar-refractivity contribution < 1.29 is 10.4 Å². The van der Waals surface area contributed by atoms with Gasteiger partial charge in [-0.25, -0.2) is 0 Å². The molecule has 0 aromatic heterocycles. The first-order valence-corrected chi connectivity index (χ1v) is 11.6. The summed E-state index contributed by atoms with van der Waals surface area (Å²) >= 11 is 0.267. The third-order valence-corrected chi connectivity index (χ3v) is 13.1. The Labute approximate surface area is 157 Å². The van der Waals surface area contributed by atoms with Crippen molar-refractivity contribution in [1.82, 2.24) is 0 Å². The van der Waals surface area contributed by atoms with Crippen molar-refractivity contribution in [3.8, 4) is 0 Å². The molecule has 4 aliphatic carbocycles. The van der Waals surface area contributed by atoms with Crippen LogP contribution < -0.4 is 0 Å². The van der Waals surface area contributed by atoms with Crippen LogP contribution in [-0.2, 0) is 0 Å². The van der Waals surface area contributed by atoms with Crippen molar-refractivity contribution in [3.05, 3.63) is 0 Å². The van der Waals surface area contributed by atoms with Gasteiger partial charge in [-0.2, -0.15) is 0 Å². The predicted molar refractivity (Wildman–Crippen MR) is 101 cm³/mol. The Balaban J connectivity index is 1.70. The molecule has 0 radical (unpaired) electrons. The van der Waals surface area contributed by atoms with Gasteiger partial charge in [0.1, 0.15) is 0 Å². The zero-order valence-corrected chi connectivity index (χ0v) is 18.0. The van der Waals surface area contributed by atoms with E-state index in [-0.39, 0.29) is 36.6 Å². The maximum atomic E-state index is 9.86. The van der Waals surface area contributed by atoms with Crippen LogP contribution in [0.1, 0.15) is 67.2 Å². The first-order chi connectivity index (χ1) is 11.6. The van der Waals surface area contributed by atoms with Gasteiger partial charge in [0.2, 0.25) is 0 Å². The number of hydrogen-bond donors (Lipinski definition) is 2. The van der Waals surface area contributed by atoms with Gasteiger partial charge in [0.15, 0.2) is 0 Å². The molecule has 4 bridgehead atoms. The predicted octanol–water partition coefficient (Wildman–Crippen LogP) is 4.84. The van der Waals surface area contributed by atoms with Crippen LogP contribution in [0, 0.1) is 33.5 Å². The molecule has 5 heteroatoms. The molecule has 0 saturated heterocycles. The first-order valence-electron chi connectivity index (χ1n) is 9.66. The van der Waals surface area contributed by atoms with Crippen LogP contribution in [0.25, 0.3) is 0 Å². The van der Waals surface area contributed by atoms with Crippen LogP contribution in [-0.4, -0.2) is 36.8 Å². The Morgan fingerprint density at radius 2 is 1.12 bits per heavy atom. The summed E-state index contributed by atoms with van der Waals surface area (Å²) in [5.41, 5.74) is 2.50. The molecule has 4 aliphatic rings. The van der Waals surface area contributed by atoms with Crippen LogP contribution in [0.5, 0.6) is 0 Å². The van der Waals surface area contributed by atoms with Gasteiger partial charge in [0.25, 0.3) is 0 Å². The molecule has 4 fully saturated rings. The molecule has 140 valence electrons. The van der Waals surface area contributed by atoms with Gasteiger partial charge < -0.3 is 0 Å². The van der Waals surface area contributed by atoms with E-state index in [1.165, 1.54) is 12.8 Å². The van der Waals surface area contributed by atoms with Gasteiger partial charge in [0.05, 0.1) is 0 Å². The fraction of sp³-hybridized carbons (Fsp3) is 0.900. The van der Waals surface area contributed by atoms with Gasteiger partial charge in [-0.15, -0.1) is 0 Å². The normalized spacial score (nSPS) is 52.6. The molecule has 0 aliphatic heterocycles. The first kappa shape index (κ1) is 17.9. The molecular weight excluding hydrogens is 379 g/mol. The van der Waals surface area contributed by atoms with Gasteiger partial charge in [-0.05, 0) is 0 Å². The SMILES string of the molecule is CC1(C)C2CC[C@@]1(C)/C(=N\O)[C@@H]2[Se][C@H]1/C(=N/O)[C@]2(C)CCC1C2(C)C. The second-order valence-electron chi connectivity index (χ2n) is 10.3. The second-order valence-corrected chi connectivity index (χ2v) is 13.0. The molecule has 0 spiro atoms. The number of fused-ring (bicyclic) bond motifs is 4. The van der Waals surface area contributed by atoms with Gasteiger partial charge in [-0.1, -0.05) is 0 Å². The zero-order chi connectivity index (χ0) is 18.4. The van der Waals surface area contributed by atoms with Crippen molar-refractivity contribution >= 4 is 26.4 Å². The third-order valence-electron chi connectivity index (χ3n) is 9.52. The molecule has 0 aromatic carbocycles. The van der Waals surface area contributed by atoms with Crippen LogP contribution >= 0.6 is 0 Å². The van der Waals surface area contributed by atoms with E-state index in [0.29, 0.717) is 21.5 Å². The van der Waals surface area contributed by atoms with E-state index in [2.05, 4.69) is 51.9 Å². The molecule has 4 nitrogen and oxygen atoms in total. The second kappa shape index (κ2) is 5.04. The van der Waals surface area contributed by atoms with E-state index >= 15 is 0 Å². The summed E-state index contributed by atoms with van der Waals surface area (Å²) in [6.45, 7) is 14.0. The van der Waals surface area contributed by atoms with Crippen LogP contribution in [0.4, 0.5) is 0 Å². The summed E-state index contributed by atoms with van der Waals surface area (Å²) in [4.78, 5) is 0.762. The number of rotatable bonds is 2. The number of hydrogen-bond acceptors (Lipinski definition) is 4. The van der Waals surface area contributed by atoms with Crippen molar-refractivity contribution in [1.29, 1.82) is 0 Å². The standard InChI is InChI=1S/C20H32N2O2Se/c1-17(2)11-7-9-19(17,5)15(21-23)13(11)25-14-12-8-10-20(6,16(14)22-24)18(12,3)4/h11-14,23-24H,7-10H2,1-6H3/b21-15-,22-16-/t11?,12?,13-,14-,19+,20+/m1/s1. The summed E-state index contributed by atoms with van der Waals surface area (Å²) in [5, 5.41) is 27.4. The Morgan fingerprint density at radius 1 is 0.760 bits per heavy atom. The van der Waals surface area contributed by atoms with E-state index in [1.54, 1.807) is 0 Å². The van der Waals surface area contributed by atoms with E-state index in [0.717, 1.165) is 24.3 Å². The Kier molecular flexibility index (Phi) is 3.60. The summed E-state index contributed by atoms with van der Waals surface area (Å²) in [7, 11) is 0. The summed E-state index contributed by atoms with van der Waals surface area (Å²) in [5.74, 6) is 1.19. The van der Waals surface area contributed by atoms with Gasteiger partial charge >= 0.3 is 157 Å². The molecule has 2 unspecified atom stereocenters. The average Bonchev–Trinajstić information content (AvgIpc) is 3.02. The van der Waals surface area contributed by atoms with Crippen molar-refractivity contribution in [2.24, 2.45) is 43.8 Å². The number of nitrogens with zero attached hydrogens (tertiary/aromatic N) is 2. The molecule has 25 heavy (non-hydrogen) atoms. The minimum absolute atomic E-state index is 0.0202.